The molecule has 0 aromatic heterocycles. The summed E-state index contributed by atoms with van der Waals surface area (Å²) in [6.45, 7) is 4.25. The fourth-order valence-electron chi connectivity index (χ4n) is 3.62. The lowest BCUT2D eigenvalue weighted by Crippen LogP contribution is -1.99. The quantitative estimate of drug-likeness (QED) is 0.140. The molecule has 0 aliphatic heterocycles. The van der Waals surface area contributed by atoms with Crippen LogP contribution in [0.5, 0.6) is 0 Å². The summed E-state index contributed by atoms with van der Waals surface area (Å²) >= 11 is 0. The van der Waals surface area contributed by atoms with Crippen LogP contribution in [0.15, 0.2) is 36.6 Å². The number of unbranched alkanes of at least 4 members (excludes halogenated alkanes) is 14. The molecule has 164 valence electrons. The van der Waals surface area contributed by atoms with Crippen LogP contribution in [0.3, 0.4) is 0 Å². The Bertz CT molecular complexity index is 533. The van der Waals surface area contributed by atoms with Crippen LogP contribution in [0.4, 0.5) is 0 Å². The molecule has 29 heavy (non-hydrogen) atoms. The number of carbonyl (C=O) groups excluding carboxylic acids is 1. The summed E-state index contributed by atoms with van der Waals surface area (Å²) in [6, 6.07) is 10.0. The molecule has 0 fully saturated rings. The Balaban J connectivity index is 1.86. The van der Waals surface area contributed by atoms with Crippen LogP contribution in [-0.2, 0) is 9.53 Å². The van der Waals surface area contributed by atoms with Gasteiger partial charge in [-0.15, -0.1) is 0 Å². The molecule has 0 saturated carbocycles. The molecule has 0 N–H and O–H groups in total. The van der Waals surface area contributed by atoms with Gasteiger partial charge in [0.2, 0.25) is 0 Å². The molecule has 0 spiro atoms. The van der Waals surface area contributed by atoms with Crippen LogP contribution in [0.2, 0.25) is 0 Å². The van der Waals surface area contributed by atoms with Gasteiger partial charge >= 0.3 is 5.97 Å². The van der Waals surface area contributed by atoms with Gasteiger partial charge in [0.15, 0.2) is 0 Å². The van der Waals surface area contributed by atoms with Crippen LogP contribution >= 0.6 is 0 Å². The molecule has 0 bridgehead atoms. The lowest BCUT2D eigenvalue weighted by Gasteiger charge is -2.04. The zero-order valence-electron chi connectivity index (χ0n) is 19.1. The van der Waals surface area contributed by atoms with Gasteiger partial charge in [0.1, 0.15) is 0 Å². The van der Waals surface area contributed by atoms with E-state index in [1.807, 2.05) is 37.3 Å². The Morgan fingerprint density at radius 2 is 1.17 bits per heavy atom. The first-order valence-corrected chi connectivity index (χ1v) is 12.2. The SMILES string of the molecule is CCCCCCCCCCCCCCCCCC(=O)OC=C(C)c1ccccc1. The van der Waals surface area contributed by atoms with Crippen LogP contribution in [-0.4, -0.2) is 5.97 Å². The van der Waals surface area contributed by atoms with Gasteiger partial charge < -0.3 is 4.74 Å². The van der Waals surface area contributed by atoms with Gasteiger partial charge in [-0.3, -0.25) is 4.79 Å². The van der Waals surface area contributed by atoms with Crippen LogP contribution in [0, 0.1) is 0 Å². The third-order valence-corrected chi connectivity index (χ3v) is 5.58. The summed E-state index contributed by atoms with van der Waals surface area (Å²) < 4.78 is 5.28. The highest BCUT2D eigenvalue weighted by atomic mass is 16.5. The number of carbonyl (C=O) groups is 1. The van der Waals surface area contributed by atoms with E-state index in [2.05, 4.69) is 6.92 Å². The average Bonchev–Trinajstić information content (AvgIpc) is 2.75. The van der Waals surface area contributed by atoms with Gasteiger partial charge in [-0.2, -0.15) is 0 Å². The molecule has 0 radical (unpaired) electrons. The number of hydrogen-bond donors (Lipinski definition) is 0. The Morgan fingerprint density at radius 1 is 0.724 bits per heavy atom. The minimum Gasteiger partial charge on any atom is -0.434 e. The first-order chi connectivity index (χ1) is 14.2. The third kappa shape index (κ3) is 15.0. The second-order valence-corrected chi connectivity index (χ2v) is 8.36. The predicted molar refractivity (Wildman–Crippen MR) is 126 cm³/mol. The number of allylic oxidation sites excluding steroid dienone is 1. The topological polar surface area (TPSA) is 26.3 Å². The maximum absolute atomic E-state index is 11.8. The summed E-state index contributed by atoms with van der Waals surface area (Å²) in [6.07, 6.45) is 22.2. The van der Waals surface area contributed by atoms with Crippen molar-refractivity contribution < 1.29 is 9.53 Å². The Labute approximate surface area is 180 Å². The van der Waals surface area contributed by atoms with Gasteiger partial charge in [-0.1, -0.05) is 127 Å². The van der Waals surface area contributed by atoms with Crippen molar-refractivity contribution in [3.63, 3.8) is 0 Å². The number of benzene rings is 1. The van der Waals surface area contributed by atoms with Gasteiger partial charge in [0, 0.05) is 6.42 Å². The highest BCUT2D eigenvalue weighted by Gasteiger charge is 2.02. The summed E-state index contributed by atoms with van der Waals surface area (Å²) in [5, 5.41) is 0. The highest BCUT2D eigenvalue weighted by Crippen LogP contribution is 2.15. The summed E-state index contributed by atoms with van der Waals surface area (Å²) in [5.74, 6) is -0.116. The molecule has 1 aromatic rings. The minimum absolute atomic E-state index is 0.116. The van der Waals surface area contributed by atoms with E-state index in [1.165, 1.54) is 83.5 Å². The first kappa shape index (κ1) is 25.5. The molecule has 0 atom stereocenters. The largest absolute Gasteiger partial charge is 0.434 e. The minimum atomic E-state index is -0.116. The maximum atomic E-state index is 11.8. The van der Waals surface area contributed by atoms with Crippen molar-refractivity contribution in [1.29, 1.82) is 0 Å². The van der Waals surface area contributed by atoms with Gasteiger partial charge in [-0.05, 0) is 24.5 Å². The molecule has 0 saturated heterocycles. The molecule has 2 heteroatoms. The molecule has 2 nitrogen and oxygen atoms in total. The third-order valence-electron chi connectivity index (χ3n) is 5.58. The lowest BCUT2D eigenvalue weighted by molar-refractivity contribution is -0.138. The van der Waals surface area contributed by atoms with E-state index in [0.717, 1.165) is 24.0 Å². The van der Waals surface area contributed by atoms with E-state index in [0.29, 0.717) is 6.42 Å². The molecular formula is C27H44O2. The summed E-state index contributed by atoms with van der Waals surface area (Å²) in [4.78, 5) is 11.8. The molecule has 0 amide bonds. The van der Waals surface area contributed by atoms with E-state index in [-0.39, 0.29) is 5.97 Å². The molecule has 0 aliphatic carbocycles. The van der Waals surface area contributed by atoms with Crippen LogP contribution in [0.1, 0.15) is 122 Å². The van der Waals surface area contributed by atoms with Crippen molar-refractivity contribution in [2.75, 3.05) is 0 Å². The maximum Gasteiger partial charge on any atom is 0.310 e. The monoisotopic (exact) mass is 400 g/mol. The number of hydrogen-bond acceptors (Lipinski definition) is 2. The zero-order chi connectivity index (χ0) is 21.0. The lowest BCUT2D eigenvalue weighted by atomic mass is 10.0. The highest BCUT2D eigenvalue weighted by molar-refractivity contribution is 5.72. The predicted octanol–water partition coefficient (Wildman–Crippen LogP) is 8.85. The fourth-order valence-corrected chi connectivity index (χ4v) is 3.62. The second kappa shape index (κ2) is 18.5. The standard InChI is InChI=1S/C27H44O2/c1-3-4-5-6-7-8-9-10-11-12-13-14-15-16-20-23-27(28)29-24-25(2)26-21-18-17-19-22-26/h17-19,21-22,24H,3-16,20,23H2,1-2H3. The first-order valence-electron chi connectivity index (χ1n) is 12.2. The average molecular weight is 401 g/mol. The van der Waals surface area contributed by atoms with Crippen LogP contribution < -0.4 is 0 Å². The van der Waals surface area contributed by atoms with Gasteiger partial charge in [-0.25, -0.2) is 0 Å². The van der Waals surface area contributed by atoms with Crippen LogP contribution in [0.25, 0.3) is 5.57 Å². The van der Waals surface area contributed by atoms with E-state index in [9.17, 15) is 4.79 Å². The number of esters is 1. The summed E-state index contributed by atoms with van der Waals surface area (Å²) in [7, 11) is 0. The van der Waals surface area contributed by atoms with Crippen molar-refractivity contribution >= 4 is 11.5 Å². The Kier molecular flexibility index (Phi) is 16.2. The Morgan fingerprint density at radius 3 is 1.66 bits per heavy atom. The molecule has 0 unspecified atom stereocenters. The summed E-state index contributed by atoms with van der Waals surface area (Å²) in [5.41, 5.74) is 2.07. The number of rotatable bonds is 18. The molecule has 1 aromatic carbocycles. The van der Waals surface area contributed by atoms with E-state index < -0.39 is 0 Å². The van der Waals surface area contributed by atoms with E-state index in [4.69, 9.17) is 4.74 Å². The second-order valence-electron chi connectivity index (χ2n) is 8.36. The molecule has 0 aliphatic rings. The zero-order valence-corrected chi connectivity index (χ0v) is 19.1. The van der Waals surface area contributed by atoms with Crippen molar-refractivity contribution in [2.24, 2.45) is 0 Å². The molecule has 1 rings (SSSR count). The van der Waals surface area contributed by atoms with Gasteiger partial charge in [0.25, 0.3) is 0 Å². The molecule has 0 heterocycles. The van der Waals surface area contributed by atoms with E-state index >= 15 is 0 Å². The van der Waals surface area contributed by atoms with E-state index in [1.54, 1.807) is 6.26 Å². The van der Waals surface area contributed by atoms with Crippen molar-refractivity contribution in [3.05, 3.63) is 42.2 Å². The smallest absolute Gasteiger partial charge is 0.310 e. The van der Waals surface area contributed by atoms with Crippen molar-refractivity contribution in [3.8, 4) is 0 Å². The Hall–Kier alpha value is -1.57. The normalized spacial score (nSPS) is 11.6. The van der Waals surface area contributed by atoms with Crippen molar-refractivity contribution in [1.82, 2.24) is 0 Å². The molecular weight excluding hydrogens is 356 g/mol. The van der Waals surface area contributed by atoms with Crippen molar-refractivity contribution in [2.45, 2.75) is 117 Å². The number of ether oxygens (including phenoxy) is 1. The fraction of sp³-hybridized carbons (Fsp3) is 0.667. The van der Waals surface area contributed by atoms with Gasteiger partial charge in [0.05, 0.1) is 6.26 Å².